The third-order valence-electron chi connectivity index (χ3n) is 2.87. The second kappa shape index (κ2) is 4.24. The van der Waals surface area contributed by atoms with Crippen LogP contribution < -0.4 is 5.84 Å². The SMILES string of the molecule is NN1CCCC(c2cccc(F)c2F)C1. The molecule has 0 aliphatic carbocycles. The lowest BCUT2D eigenvalue weighted by molar-refractivity contribution is 0.210. The maximum Gasteiger partial charge on any atom is 0.162 e. The van der Waals surface area contributed by atoms with Crippen molar-refractivity contribution in [2.45, 2.75) is 18.8 Å². The average molecular weight is 212 g/mol. The largest absolute Gasteiger partial charge is 0.269 e. The summed E-state index contributed by atoms with van der Waals surface area (Å²) in [6.07, 6.45) is 1.80. The van der Waals surface area contributed by atoms with Gasteiger partial charge in [0.05, 0.1) is 0 Å². The first kappa shape index (κ1) is 10.5. The van der Waals surface area contributed by atoms with Gasteiger partial charge in [0.15, 0.2) is 11.6 Å². The molecule has 2 nitrogen and oxygen atoms in total. The predicted molar refractivity (Wildman–Crippen MR) is 54.1 cm³/mol. The molecule has 1 unspecified atom stereocenters. The maximum absolute atomic E-state index is 13.5. The fourth-order valence-corrected chi connectivity index (χ4v) is 2.10. The van der Waals surface area contributed by atoms with Gasteiger partial charge in [-0.25, -0.2) is 13.8 Å². The summed E-state index contributed by atoms with van der Waals surface area (Å²) in [6.45, 7) is 1.42. The molecule has 1 saturated heterocycles. The molecular weight excluding hydrogens is 198 g/mol. The van der Waals surface area contributed by atoms with Crippen molar-refractivity contribution in [2.75, 3.05) is 13.1 Å². The highest BCUT2D eigenvalue weighted by Gasteiger charge is 2.23. The van der Waals surface area contributed by atoms with Crippen LogP contribution in [0.5, 0.6) is 0 Å². The molecule has 2 N–H and O–H groups in total. The molecule has 0 bridgehead atoms. The van der Waals surface area contributed by atoms with Gasteiger partial charge in [0, 0.05) is 19.0 Å². The first-order chi connectivity index (χ1) is 7.18. The van der Waals surface area contributed by atoms with Gasteiger partial charge in [0.25, 0.3) is 0 Å². The minimum atomic E-state index is -0.776. The molecule has 0 spiro atoms. The van der Waals surface area contributed by atoms with Crippen molar-refractivity contribution in [3.8, 4) is 0 Å². The van der Waals surface area contributed by atoms with Crippen molar-refractivity contribution in [1.82, 2.24) is 5.01 Å². The summed E-state index contributed by atoms with van der Waals surface area (Å²) >= 11 is 0. The van der Waals surface area contributed by atoms with E-state index in [0.29, 0.717) is 12.1 Å². The zero-order chi connectivity index (χ0) is 10.8. The van der Waals surface area contributed by atoms with E-state index in [1.165, 1.54) is 0 Å². The Morgan fingerprint density at radius 2 is 2.13 bits per heavy atom. The molecule has 1 fully saturated rings. The normalized spacial score (nSPS) is 23.0. The van der Waals surface area contributed by atoms with E-state index >= 15 is 0 Å². The molecule has 1 aliphatic rings. The number of piperidine rings is 1. The van der Waals surface area contributed by atoms with Gasteiger partial charge < -0.3 is 0 Å². The summed E-state index contributed by atoms with van der Waals surface area (Å²) in [7, 11) is 0. The van der Waals surface area contributed by atoms with E-state index in [1.54, 1.807) is 17.1 Å². The zero-order valence-corrected chi connectivity index (χ0v) is 8.42. The van der Waals surface area contributed by atoms with E-state index in [1.807, 2.05) is 0 Å². The van der Waals surface area contributed by atoms with Gasteiger partial charge >= 0.3 is 0 Å². The van der Waals surface area contributed by atoms with Crippen molar-refractivity contribution in [3.63, 3.8) is 0 Å². The summed E-state index contributed by atoms with van der Waals surface area (Å²) in [4.78, 5) is 0. The first-order valence-corrected chi connectivity index (χ1v) is 5.12. The quantitative estimate of drug-likeness (QED) is 0.721. The lowest BCUT2D eigenvalue weighted by Gasteiger charge is -2.29. The Hall–Kier alpha value is -1.00. The van der Waals surface area contributed by atoms with Gasteiger partial charge in [-0.2, -0.15) is 0 Å². The first-order valence-electron chi connectivity index (χ1n) is 5.12. The van der Waals surface area contributed by atoms with Crippen LogP contribution in [0, 0.1) is 11.6 Å². The molecule has 0 aromatic heterocycles. The Labute approximate surface area is 87.7 Å². The minimum Gasteiger partial charge on any atom is -0.269 e. The molecule has 1 aliphatic heterocycles. The third-order valence-corrected chi connectivity index (χ3v) is 2.87. The third kappa shape index (κ3) is 2.16. The highest BCUT2D eigenvalue weighted by molar-refractivity contribution is 5.23. The van der Waals surface area contributed by atoms with Crippen LogP contribution in [-0.4, -0.2) is 18.1 Å². The molecule has 0 amide bonds. The Bertz CT molecular complexity index is 354. The molecule has 1 aromatic rings. The van der Waals surface area contributed by atoms with Gasteiger partial charge in [0.2, 0.25) is 0 Å². The van der Waals surface area contributed by atoms with E-state index in [2.05, 4.69) is 0 Å². The van der Waals surface area contributed by atoms with Crippen LogP contribution in [0.4, 0.5) is 8.78 Å². The highest BCUT2D eigenvalue weighted by atomic mass is 19.2. The van der Waals surface area contributed by atoms with Gasteiger partial charge in [-0.05, 0) is 24.5 Å². The lowest BCUT2D eigenvalue weighted by Crippen LogP contribution is -2.39. The van der Waals surface area contributed by atoms with Gasteiger partial charge in [-0.1, -0.05) is 12.1 Å². The number of rotatable bonds is 1. The minimum absolute atomic E-state index is 0.0134. The molecule has 15 heavy (non-hydrogen) atoms. The summed E-state index contributed by atoms with van der Waals surface area (Å²) < 4.78 is 26.5. The number of halogens is 2. The summed E-state index contributed by atoms with van der Waals surface area (Å²) in [5.41, 5.74) is 0.449. The maximum atomic E-state index is 13.5. The van der Waals surface area contributed by atoms with Crippen molar-refractivity contribution < 1.29 is 8.78 Å². The molecular formula is C11H14F2N2. The average Bonchev–Trinajstić information content (AvgIpc) is 2.22. The molecule has 2 rings (SSSR count). The van der Waals surface area contributed by atoms with Gasteiger partial charge in [-0.3, -0.25) is 5.84 Å². The van der Waals surface area contributed by atoms with Crippen LogP contribution in [-0.2, 0) is 0 Å². The topological polar surface area (TPSA) is 29.3 Å². The van der Waals surface area contributed by atoms with Crippen LogP contribution in [0.2, 0.25) is 0 Å². The van der Waals surface area contributed by atoms with Crippen molar-refractivity contribution >= 4 is 0 Å². The predicted octanol–water partition coefficient (Wildman–Crippen LogP) is 2.02. The standard InChI is InChI=1S/C11H14F2N2/c12-10-5-1-4-9(11(10)13)8-3-2-6-15(14)7-8/h1,4-5,8H,2-3,6-7,14H2. The number of hydrogen-bond acceptors (Lipinski definition) is 2. The zero-order valence-electron chi connectivity index (χ0n) is 8.42. The number of hydrogen-bond donors (Lipinski definition) is 1. The van der Waals surface area contributed by atoms with Crippen LogP contribution in [0.3, 0.4) is 0 Å². The molecule has 1 heterocycles. The van der Waals surface area contributed by atoms with E-state index < -0.39 is 11.6 Å². The van der Waals surface area contributed by atoms with Crippen LogP contribution in [0.15, 0.2) is 18.2 Å². The van der Waals surface area contributed by atoms with E-state index in [4.69, 9.17) is 5.84 Å². The Kier molecular flexibility index (Phi) is 2.98. The van der Waals surface area contributed by atoms with E-state index in [-0.39, 0.29) is 5.92 Å². The Balaban J connectivity index is 2.24. The Morgan fingerprint density at radius 3 is 2.87 bits per heavy atom. The molecule has 1 atom stereocenters. The second-order valence-electron chi connectivity index (χ2n) is 3.98. The van der Waals surface area contributed by atoms with E-state index in [0.717, 1.165) is 25.5 Å². The number of hydrazine groups is 1. The van der Waals surface area contributed by atoms with Crippen molar-refractivity contribution in [1.29, 1.82) is 0 Å². The number of nitrogens with zero attached hydrogens (tertiary/aromatic N) is 1. The second-order valence-corrected chi connectivity index (χ2v) is 3.98. The summed E-state index contributed by atoms with van der Waals surface area (Å²) in [6, 6.07) is 4.33. The van der Waals surface area contributed by atoms with Gasteiger partial charge in [0.1, 0.15) is 0 Å². The fourth-order valence-electron chi connectivity index (χ4n) is 2.10. The lowest BCUT2D eigenvalue weighted by atomic mass is 9.91. The summed E-state index contributed by atoms with van der Waals surface area (Å²) in [5.74, 6) is 4.18. The van der Waals surface area contributed by atoms with E-state index in [9.17, 15) is 8.78 Å². The smallest absolute Gasteiger partial charge is 0.162 e. The van der Waals surface area contributed by atoms with Crippen LogP contribution >= 0.6 is 0 Å². The molecule has 0 saturated carbocycles. The molecule has 0 radical (unpaired) electrons. The van der Waals surface area contributed by atoms with Crippen LogP contribution in [0.25, 0.3) is 0 Å². The highest BCUT2D eigenvalue weighted by Crippen LogP contribution is 2.28. The molecule has 4 heteroatoms. The number of nitrogens with two attached hydrogens (primary N) is 1. The van der Waals surface area contributed by atoms with Crippen LogP contribution in [0.1, 0.15) is 24.3 Å². The molecule has 82 valence electrons. The summed E-state index contributed by atoms with van der Waals surface area (Å²) in [5, 5.41) is 1.67. The van der Waals surface area contributed by atoms with Crippen molar-refractivity contribution in [3.05, 3.63) is 35.4 Å². The molecule has 1 aromatic carbocycles. The number of benzene rings is 1. The van der Waals surface area contributed by atoms with Gasteiger partial charge in [-0.15, -0.1) is 0 Å². The fraction of sp³-hybridized carbons (Fsp3) is 0.455. The van der Waals surface area contributed by atoms with Crippen molar-refractivity contribution in [2.24, 2.45) is 5.84 Å². The Morgan fingerprint density at radius 1 is 1.33 bits per heavy atom. The monoisotopic (exact) mass is 212 g/mol.